The molecule has 0 saturated carbocycles. The summed E-state index contributed by atoms with van der Waals surface area (Å²) in [5.74, 6) is 1.21. The number of phenolic OH excluding ortho intramolecular Hbond substituents is 1. The number of rotatable bonds is 4. The largest absolute Gasteiger partial charge is 0.507 e. The molecule has 1 saturated heterocycles. The Morgan fingerprint density at radius 1 is 1.38 bits per heavy atom. The zero-order valence-electron chi connectivity index (χ0n) is 13.0. The van der Waals surface area contributed by atoms with Gasteiger partial charge in [-0.25, -0.2) is 0 Å². The van der Waals surface area contributed by atoms with Crippen LogP contribution in [0.15, 0.2) is 18.2 Å². The minimum Gasteiger partial charge on any atom is -0.507 e. The molecule has 4 nitrogen and oxygen atoms in total. The molecule has 1 aromatic rings. The van der Waals surface area contributed by atoms with E-state index in [2.05, 4.69) is 6.92 Å². The van der Waals surface area contributed by atoms with E-state index < -0.39 is 0 Å². The van der Waals surface area contributed by atoms with E-state index in [9.17, 15) is 9.90 Å². The molecule has 4 heteroatoms. The maximum absolute atomic E-state index is 12.6. The van der Waals surface area contributed by atoms with Gasteiger partial charge < -0.3 is 14.7 Å². The predicted molar refractivity (Wildman–Crippen MR) is 82.8 cm³/mol. The fraction of sp³-hybridized carbons (Fsp3) is 0.588. The zero-order chi connectivity index (χ0) is 15.2. The molecule has 2 rings (SSSR count). The van der Waals surface area contributed by atoms with Crippen LogP contribution in [-0.4, -0.2) is 36.1 Å². The molecular formula is C17H25NO3. The van der Waals surface area contributed by atoms with E-state index in [4.69, 9.17) is 4.74 Å². The highest BCUT2D eigenvalue weighted by molar-refractivity contribution is 5.97. The van der Waals surface area contributed by atoms with E-state index in [1.165, 1.54) is 25.3 Å². The monoisotopic (exact) mass is 291 g/mol. The Kier molecular flexibility index (Phi) is 5.48. The lowest BCUT2D eigenvalue weighted by molar-refractivity contribution is 0.0756. The Morgan fingerprint density at radius 3 is 2.86 bits per heavy atom. The van der Waals surface area contributed by atoms with E-state index in [1.54, 1.807) is 19.2 Å². The first kappa shape index (κ1) is 15.7. The van der Waals surface area contributed by atoms with Crippen LogP contribution < -0.4 is 4.74 Å². The average Bonchev–Trinajstić information content (AvgIpc) is 2.72. The van der Waals surface area contributed by atoms with Crippen LogP contribution >= 0.6 is 0 Å². The van der Waals surface area contributed by atoms with Crippen LogP contribution in [0.25, 0.3) is 0 Å². The minimum absolute atomic E-state index is 0.00583. The Hall–Kier alpha value is -1.71. The van der Waals surface area contributed by atoms with Gasteiger partial charge in [0.1, 0.15) is 11.5 Å². The summed E-state index contributed by atoms with van der Waals surface area (Å²) in [6.45, 7) is 3.78. The number of hydrogen-bond acceptors (Lipinski definition) is 3. The molecule has 1 atom stereocenters. The Bertz CT molecular complexity index is 487. The number of likely N-dealkylation sites (tertiary alicyclic amines) is 1. The smallest absolute Gasteiger partial charge is 0.257 e. The van der Waals surface area contributed by atoms with Gasteiger partial charge in [-0.2, -0.15) is 0 Å². The van der Waals surface area contributed by atoms with Crippen molar-refractivity contribution in [3.63, 3.8) is 0 Å². The SMILES string of the molecule is CCCC1CCCN(C(=O)c2ccc(OC)cc2O)CC1. The number of carbonyl (C=O) groups excluding carboxylic acids is 1. The fourth-order valence-corrected chi connectivity index (χ4v) is 3.06. The summed E-state index contributed by atoms with van der Waals surface area (Å²) in [7, 11) is 1.54. The first-order chi connectivity index (χ1) is 10.2. The fourth-order valence-electron chi connectivity index (χ4n) is 3.06. The zero-order valence-corrected chi connectivity index (χ0v) is 13.0. The van der Waals surface area contributed by atoms with Gasteiger partial charge in [-0.15, -0.1) is 0 Å². The van der Waals surface area contributed by atoms with E-state index in [-0.39, 0.29) is 11.7 Å². The summed E-state index contributed by atoms with van der Waals surface area (Å²) in [6.07, 6.45) is 5.77. The number of methoxy groups -OCH3 is 1. The van der Waals surface area contributed by atoms with Crippen LogP contribution in [0.1, 0.15) is 49.4 Å². The average molecular weight is 291 g/mol. The summed E-state index contributed by atoms with van der Waals surface area (Å²) in [6, 6.07) is 4.85. The van der Waals surface area contributed by atoms with Crippen molar-refractivity contribution in [2.45, 2.75) is 39.0 Å². The van der Waals surface area contributed by atoms with Gasteiger partial charge in [-0.05, 0) is 37.3 Å². The lowest BCUT2D eigenvalue weighted by Crippen LogP contribution is -2.32. The number of nitrogens with zero attached hydrogens (tertiary/aromatic N) is 1. The number of carbonyl (C=O) groups is 1. The number of aromatic hydroxyl groups is 1. The Balaban J connectivity index is 2.06. The number of amides is 1. The van der Waals surface area contributed by atoms with Gasteiger partial charge in [0, 0.05) is 19.2 Å². The molecular weight excluding hydrogens is 266 g/mol. The molecule has 1 aliphatic heterocycles. The molecule has 1 N–H and O–H groups in total. The second-order valence-corrected chi connectivity index (χ2v) is 5.76. The number of ether oxygens (including phenoxy) is 1. The summed E-state index contributed by atoms with van der Waals surface area (Å²) >= 11 is 0. The lowest BCUT2D eigenvalue weighted by atomic mass is 9.96. The molecule has 21 heavy (non-hydrogen) atoms. The van der Waals surface area contributed by atoms with Crippen LogP contribution in [0.2, 0.25) is 0 Å². The number of hydrogen-bond donors (Lipinski definition) is 1. The molecule has 1 fully saturated rings. The lowest BCUT2D eigenvalue weighted by Gasteiger charge is -2.21. The van der Waals surface area contributed by atoms with E-state index in [0.29, 0.717) is 11.3 Å². The van der Waals surface area contributed by atoms with E-state index in [0.717, 1.165) is 31.8 Å². The quantitative estimate of drug-likeness (QED) is 0.924. The molecule has 1 heterocycles. The van der Waals surface area contributed by atoms with Gasteiger partial charge in [0.15, 0.2) is 0 Å². The molecule has 0 aromatic heterocycles. The van der Waals surface area contributed by atoms with E-state index in [1.807, 2.05) is 4.90 Å². The highest BCUT2D eigenvalue weighted by atomic mass is 16.5. The topological polar surface area (TPSA) is 49.8 Å². The molecule has 1 aliphatic rings. The summed E-state index contributed by atoms with van der Waals surface area (Å²) in [5, 5.41) is 10.0. The molecule has 1 aromatic carbocycles. The van der Waals surface area contributed by atoms with Crippen molar-refractivity contribution in [1.82, 2.24) is 4.90 Å². The van der Waals surface area contributed by atoms with Crippen molar-refractivity contribution < 1.29 is 14.6 Å². The molecule has 0 spiro atoms. The molecule has 1 amide bonds. The number of benzene rings is 1. The maximum atomic E-state index is 12.6. The molecule has 0 radical (unpaired) electrons. The van der Waals surface area contributed by atoms with Gasteiger partial charge in [0.25, 0.3) is 5.91 Å². The number of phenols is 1. The van der Waals surface area contributed by atoms with Gasteiger partial charge in [0.2, 0.25) is 0 Å². The first-order valence-corrected chi connectivity index (χ1v) is 7.82. The van der Waals surface area contributed by atoms with Crippen LogP contribution in [-0.2, 0) is 0 Å². The minimum atomic E-state index is -0.0766. The van der Waals surface area contributed by atoms with Crippen LogP contribution in [0.5, 0.6) is 11.5 Å². The standard InChI is InChI=1S/C17H25NO3/c1-3-5-13-6-4-10-18(11-9-13)17(20)15-8-7-14(21-2)12-16(15)19/h7-8,12-13,19H,3-6,9-11H2,1-2H3. The Morgan fingerprint density at radius 2 is 2.19 bits per heavy atom. The van der Waals surface area contributed by atoms with E-state index >= 15 is 0 Å². The third-order valence-electron chi connectivity index (χ3n) is 4.27. The summed E-state index contributed by atoms with van der Waals surface area (Å²) in [4.78, 5) is 14.4. The van der Waals surface area contributed by atoms with Crippen molar-refractivity contribution in [2.24, 2.45) is 5.92 Å². The van der Waals surface area contributed by atoms with Crippen LogP contribution in [0, 0.1) is 5.92 Å². The van der Waals surface area contributed by atoms with Crippen molar-refractivity contribution >= 4 is 5.91 Å². The van der Waals surface area contributed by atoms with Gasteiger partial charge >= 0.3 is 0 Å². The highest BCUT2D eigenvalue weighted by Gasteiger charge is 2.23. The summed E-state index contributed by atoms with van der Waals surface area (Å²) < 4.78 is 5.05. The third kappa shape index (κ3) is 3.90. The van der Waals surface area contributed by atoms with Gasteiger partial charge in [-0.1, -0.05) is 19.8 Å². The highest BCUT2D eigenvalue weighted by Crippen LogP contribution is 2.27. The van der Waals surface area contributed by atoms with Crippen molar-refractivity contribution in [3.05, 3.63) is 23.8 Å². The van der Waals surface area contributed by atoms with Crippen molar-refractivity contribution in [1.29, 1.82) is 0 Å². The second-order valence-electron chi connectivity index (χ2n) is 5.76. The Labute approximate surface area is 126 Å². The normalized spacial score (nSPS) is 19.1. The molecule has 0 aliphatic carbocycles. The van der Waals surface area contributed by atoms with Gasteiger partial charge in [0.05, 0.1) is 12.7 Å². The first-order valence-electron chi connectivity index (χ1n) is 7.82. The summed E-state index contributed by atoms with van der Waals surface area (Å²) in [5.41, 5.74) is 0.366. The van der Waals surface area contributed by atoms with Crippen molar-refractivity contribution in [3.8, 4) is 11.5 Å². The molecule has 0 bridgehead atoms. The third-order valence-corrected chi connectivity index (χ3v) is 4.27. The van der Waals surface area contributed by atoms with Gasteiger partial charge in [-0.3, -0.25) is 4.79 Å². The predicted octanol–water partition coefficient (Wildman–Crippen LogP) is 3.44. The van der Waals surface area contributed by atoms with Crippen LogP contribution in [0.3, 0.4) is 0 Å². The van der Waals surface area contributed by atoms with Crippen molar-refractivity contribution in [2.75, 3.05) is 20.2 Å². The van der Waals surface area contributed by atoms with Crippen LogP contribution in [0.4, 0.5) is 0 Å². The molecule has 116 valence electrons. The maximum Gasteiger partial charge on any atom is 0.257 e. The molecule has 1 unspecified atom stereocenters. The second kappa shape index (κ2) is 7.34.